The van der Waals surface area contributed by atoms with Crippen LogP contribution >= 0.6 is 0 Å². The molecule has 2 aromatic carbocycles. The van der Waals surface area contributed by atoms with E-state index in [1.165, 1.54) is 24.3 Å². The highest BCUT2D eigenvalue weighted by atomic mass is 19.1. The average Bonchev–Trinajstić information content (AvgIpc) is 2.56. The average molecular weight is 317 g/mol. The lowest BCUT2D eigenvalue weighted by atomic mass is 10.2. The molecule has 0 unspecified atom stereocenters. The topological polar surface area (TPSA) is 47.6 Å². The van der Waals surface area contributed by atoms with Crippen LogP contribution < -0.4 is 14.8 Å². The molecular formula is C18H20FNO3. The quantitative estimate of drug-likeness (QED) is 0.839. The van der Waals surface area contributed by atoms with E-state index in [9.17, 15) is 9.18 Å². The largest absolute Gasteiger partial charge is 0.492 e. The molecule has 0 spiro atoms. The van der Waals surface area contributed by atoms with Gasteiger partial charge in [0, 0.05) is 0 Å². The van der Waals surface area contributed by atoms with E-state index < -0.39 is 6.10 Å². The number of rotatable bonds is 7. The maximum absolute atomic E-state index is 12.9. The molecule has 0 bridgehead atoms. The van der Waals surface area contributed by atoms with E-state index in [0.29, 0.717) is 30.2 Å². The van der Waals surface area contributed by atoms with Gasteiger partial charge in [0.15, 0.2) is 6.10 Å². The van der Waals surface area contributed by atoms with Crippen molar-refractivity contribution < 1.29 is 18.7 Å². The number of benzene rings is 2. The first-order valence-electron chi connectivity index (χ1n) is 7.59. The number of hydrogen-bond donors (Lipinski definition) is 1. The first kappa shape index (κ1) is 16.8. The van der Waals surface area contributed by atoms with Gasteiger partial charge in [0.1, 0.15) is 17.3 Å². The minimum absolute atomic E-state index is 0.274. The number of ether oxygens (including phenoxy) is 2. The summed E-state index contributed by atoms with van der Waals surface area (Å²) >= 11 is 0. The van der Waals surface area contributed by atoms with Gasteiger partial charge in [-0.2, -0.15) is 0 Å². The molecule has 0 aliphatic rings. The summed E-state index contributed by atoms with van der Waals surface area (Å²) in [6, 6.07) is 12.8. The van der Waals surface area contributed by atoms with Gasteiger partial charge in [-0.3, -0.25) is 4.79 Å². The number of nitrogens with one attached hydrogen (secondary N) is 1. The van der Waals surface area contributed by atoms with Crippen molar-refractivity contribution in [3.05, 3.63) is 54.3 Å². The Kier molecular flexibility index (Phi) is 5.97. The van der Waals surface area contributed by atoms with Crippen molar-refractivity contribution in [2.75, 3.05) is 11.9 Å². The monoisotopic (exact) mass is 317 g/mol. The zero-order valence-electron chi connectivity index (χ0n) is 13.2. The molecule has 23 heavy (non-hydrogen) atoms. The Morgan fingerprint density at radius 2 is 1.83 bits per heavy atom. The van der Waals surface area contributed by atoms with Crippen LogP contribution in [0, 0.1) is 5.82 Å². The number of anilines is 1. The van der Waals surface area contributed by atoms with Gasteiger partial charge in [0.2, 0.25) is 0 Å². The van der Waals surface area contributed by atoms with Gasteiger partial charge in [-0.15, -0.1) is 0 Å². The summed E-state index contributed by atoms with van der Waals surface area (Å²) in [7, 11) is 0. The van der Waals surface area contributed by atoms with Crippen molar-refractivity contribution in [2.24, 2.45) is 0 Å². The van der Waals surface area contributed by atoms with Crippen molar-refractivity contribution >= 4 is 11.6 Å². The van der Waals surface area contributed by atoms with Gasteiger partial charge in [-0.05, 0) is 49.7 Å². The number of amides is 1. The lowest BCUT2D eigenvalue weighted by Gasteiger charge is -2.18. The van der Waals surface area contributed by atoms with Crippen molar-refractivity contribution in [1.29, 1.82) is 0 Å². The normalized spacial score (nSPS) is 11.6. The van der Waals surface area contributed by atoms with Crippen LogP contribution in [0.15, 0.2) is 48.5 Å². The van der Waals surface area contributed by atoms with Crippen molar-refractivity contribution in [3.8, 4) is 11.5 Å². The molecule has 0 aliphatic heterocycles. The van der Waals surface area contributed by atoms with Gasteiger partial charge in [-0.1, -0.05) is 19.1 Å². The van der Waals surface area contributed by atoms with E-state index >= 15 is 0 Å². The lowest BCUT2D eigenvalue weighted by Crippen LogP contribution is -2.32. The minimum atomic E-state index is -0.671. The maximum Gasteiger partial charge on any atom is 0.265 e. The van der Waals surface area contributed by atoms with Gasteiger partial charge in [-0.25, -0.2) is 4.39 Å². The number of carbonyl (C=O) groups is 1. The Hall–Kier alpha value is -2.56. The highest BCUT2D eigenvalue weighted by molar-refractivity contribution is 5.95. The molecule has 0 aliphatic carbocycles. The summed E-state index contributed by atoms with van der Waals surface area (Å²) < 4.78 is 24.0. The van der Waals surface area contributed by atoms with E-state index in [1.807, 2.05) is 26.0 Å². The molecule has 4 nitrogen and oxygen atoms in total. The Morgan fingerprint density at radius 1 is 1.13 bits per heavy atom. The Labute approximate surface area is 135 Å². The van der Waals surface area contributed by atoms with E-state index in [4.69, 9.17) is 9.47 Å². The number of carbonyl (C=O) groups excluding carboxylic acids is 1. The molecule has 0 fully saturated rings. The van der Waals surface area contributed by atoms with Gasteiger partial charge >= 0.3 is 0 Å². The second kappa shape index (κ2) is 8.17. The second-order valence-electron chi connectivity index (χ2n) is 4.89. The third-order valence-electron chi connectivity index (χ3n) is 3.20. The molecule has 0 radical (unpaired) electrons. The van der Waals surface area contributed by atoms with Gasteiger partial charge in [0.05, 0.1) is 12.3 Å². The highest BCUT2D eigenvalue weighted by Gasteiger charge is 2.19. The molecule has 122 valence electrons. The van der Waals surface area contributed by atoms with Crippen LogP contribution in [-0.2, 0) is 4.79 Å². The summed E-state index contributed by atoms with van der Waals surface area (Å²) in [5.41, 5.74) is 0.598. The number of hydrogen-bond acceptors (Lipinski definition) is 3. The van der Waals surface area contributed by atoms with Crippen LogP contribution in [0.4, 0.5) is 10.1 Å². The van der Waals surface area contributed by atoms with Gasteiger partial charge < -0.3 is 14.8 Å². The molecule has 1 amide bonds. The summed E-state index contributed by atoms with van der Waals surface area (Å²) in [5, 5.41) is 2.81. The van der Waals surface area contributed by atoms with Crippen molar-refractivity contribution in [2.45, 2.75) is 26.4 Å². The minimum Gasteiger partial charge on any atom is -0.492 e. The fraction of sp³-hybridized carbons (Fsp3) is 0.278. The third-order valence-corrected chi connectivity index (χ3v) is 3.20. The van der Waals surface area contributed by atoms with Crippen molar-refractivity contribution in [3.63, 3.8) is 0 Å². The predicted octanol–water partition coefficient (Wildman–Crippen LogP) is 4.02. The molecule has 1 N–H and O–H groups in total. The van der Waals surface area contributed by atoms with Crippen LogP contribution in [0.3, 0.4) is 0 Å². The Balaban J connectivity index is 2.06. The molecule has 2 rings (SSSR count). The van der Waals surface area contributed by atoms with Crippen LogP contribution in [0.5, 0.6) is 11.5 Å². The van der Waals surface area contributed by atoms with Crippen LogP contribution in [0.1, 0.15) is 20.3 Å². The SMILES string of the molecule is CCOc1ccccc1NC(=O)[C@H](CC)Oc1ccc(F)cc1. The Morgan fingerprint density at radius 3 is 2.48 bits per heavy atom. The molecule has 0 saturated carbocycles. The molecule has 1 atom stereocenters. The molecule has 0 aromatic heterocycles. The van der Waals surface area contributed by atoms with E-state index in [0.717, 1.165) is 0 Å². The standard InChI is InChI=1S/C18H20FNO3/c1-3-16(23-14-11-9-13(19)10-12-14)18(21)20-15-7-5-6-8-17(15)22-4-2/h5-12,16H,3-4H2,1-2H3,(H,20,21)/t16-/m0/s1. The number of halogens is 1. The summed E-state index contributed by atoms with van der Waals surface area (Å²) in [4.78, 5) is 12.4. The third kappa shape index (κ3) is 4.71. The van der Waals surface area contributed by atoms with E-state index in [-0.39, 0.29) is 11.7 Å². The molecule has 0 saturated heterocycles. The maximum atomic E-state index is 12.9. The van der Waals surface area contributed by atoms with Crippen LogP contribution in [0.2, 0.25) is 0 Å². The van der Waals surface area contributed by atoms with Crippen LogP contribution in [-0.4, -0.2) is 18.6 Å². The fourth-order valence-electron chi connectivity index (χ4n) is 2.06. The molecular weight excluding hydrogens is 297 g/mol. The molecule has 0 heterocycles. The molecule has 5 heteroatoms. The van der Waals surface area contributed by atoms with Gasteiger partial charge in [0.25, 0.3) is 5.91 Å². The fourth-order valence-corrected chi connectivity index (χ4v) is 2.06. The second-order valence-corrected chi connectivity index (χ2v) is 4.89. The van der Waals surface area contributed by atoms with Crippen LogP contribution in [0.25, 0.3) is 0 Å². The highest BCUT2D eigenvalue weighted by Crippen LogP contribution is 2.24. The first-order valence-corrected chi connectivity index (χ1v) is 7.59. The first-order chi connectivity index (χ1) is 11.1. The van der Waals surface area contributed by atoms with E-state index in [1.54, 1.807) is 12.1 Å². The Bertz CT molecular complexity index is 643. The summed E-state index contributed by atoms with van der Waals surface area (Å²) in [6.45, 7) is 4.24. The van der Waals surface area contributed by atoms with E-state index in [2.05, 4.69) is 5.32 Å². The zero-order chi connectivity index (χ0) is 16.7. The lowest BCUT2D eigenvalue weighted by molar-refractivity contribution is -0.122. The zero-order valence-corrected chi connectivity index (χ0v) is 13.2. The number of para-hydroxylation sites is 2. The smallest absolute Gasteiger partial charge is 0.265 e. The molecule has 2 aromatic rings. The summed E-state index contributed by atoms with van der Waals surface area (Å²) in [6.07, 6.45) is -0.185. The predicted molar refractivity (Wildman–Crippen MR) is 87.3 cm³/mol. The summed E-state index contributed by atoms with van der Waals surface area (Å²) in [5.74, 6) is 0.441. The van der Waals surface area contributed by atoms with Crippen molar-refractivity contribution in [1.82, 2.24) is 0 Å².